The van der Waals surface area contributed by atoms with Gasteiger partial charge in [0.1, 0.15) is 0 Å². The molecule has 0 bridgehead atoms. The summed E-state index contributed by atoms with van der Waals surface area (Å²) in [5, 5.41) is 0. The molecule has 0 aromatic rings. The molecule has 0 aromatic heterocycles. The second-order valence-corrected chi connectivity index (χ2v) is 3.85. The van der Waals surface area contributed by atoms with E-state index in [9.17, 15) is 26.3 Å². The van der Waals surface area contributed by atoms with E-state index in [1.54, 1.807) is 0 Å². The van der Waals surface area contributed by atoms with Crippen LogP contribution in [0.2, 0.25) is 0 Å². The maximum absolute atomic E-state index is 12.1. The monoisotopic (exact) mass is 237 g/mol. The summed E-state index contributed by atoms with van der Waals surface area (Å²) in [6.07, 6.45) is -11.0. The fraction of sp³-hybridized carbons (Fsp3) is 1.00. The van der Waals surface area contributed by atoms with Crippen LogP contribution in [0, 0.1) is 11.8 Å². The molecule has 92 valence electrons. The molecule has 0 amide bonds. The number of nitrogens with two attached hydrogens (primary N) is 1. The molecule has 0 aliphatic carbocycles. The predicted octanol–water partition coefficient (Wildman–Crippen LogP) is 3.10. The third-order valence-corrected chi connectivity index (χ3v) is 1.88. The predicted molar refractivity (Wildman–Crippen MR) is 43.0 cm³/mol. The van der Waals surface area contributed by atoms with Gasteiger partial charge in [0, 0.05) is 6.04 Å². The van der Waals surface area contributed by atoms with E-state index < -0.39 is 24.3 Å². The summed E-state index contributed by atoms with van der Waals surface area (Å²) < 4.78 is 72.7. The lowest BCUT2D eigenvalue weighted by atomic mass is 9.91. The Morgan fingerprint density at radius 1 is 0.933 bits per heavy atom. The van der Waals surface area contributed by atoms with Crippen molar-refractivity contribution in [1.29, 1.82) is 0 Å². The SMILES string of the molecule is CC(C)CC(N)C(C(F)(F)F)C(F)(F)F. The molecule has 0 aromatic carbocycles. The first-order chi connectivity index (χ1) is 6.46. The van der Waals surface area contributed by atoms with Crippen molar-refractivity contribution >= 4 is 0 Å². The fourth-order valence-corrected chi connectivity index (χ4v) is 1.35. The van der Waals surface area contributed by atoms with E-state index in [1.807, 2.05) is 0 Å². The van der Waals surface area contributed by atoms with Gasteiger partial charge in [0.2, 0.25) is 0 Å². The maximum atomic E-state index is 12.1. The molecule has 0 aliphatic heterocycles. The van der Waals surface area contributed by atoms with Gasteiger partial charge >= 0.3 is 12.4 Å². The third-order valence-electron chi connectivity index (χ3n) is 1.88. The Morgan fingerprint density at radius 3 is 1.47 bits per heavy atom. The summed E-state index contributed by atoms with van der Waals surface area (Å²) in [7, 11) is 0. The Morgan fingerprint density at radius 2 is 1.27 bits per heavy atom. The van der Waals surface area contributed by atoms with Crippen LogP contribution < -0.4 is 5.73 Å². The molecule has 15 heavy (non-hydrogen) atoms. The van der Waals surface area contributed by atoms with Gasteiger partial charge < -0.3 is 5.73 Å². The highest BCUT2D eigenvalue weighted by Crippen LogP contribution is 2.41. The Labute approximate surface area is 83.6 Å². The molecule has 0 saturated heterocycles. The Balaban J connectivity index is 4.81. The third kappa shape index (κ3) is 4.72. The summed E-state index contributed by atoms with van der Waals surface area (Å²) in [4.78, 5) is 0. The van der Waals surface area contributed by atoms with Crippen LogP contribution in [-0.2, 0) is 0 Å². The first-order valence-electron chi connectivity index (χ1n) is 4.35. The van der Waals surface area contributed by atoms with Gasteiger partial charge in [-0.2, -0.15) is 26.3 Å². The van der Waals surface area contributed by atoms with Crippen molar-refractivity contribution in [3.63, 3.8) is 0 Å². The van der Waals surface area contributed by atoms with Crippen molar-refractivity contribution in [1.82, 2.24) is 0 Å². The molecule has 0 spiro atoms. The molecule has 0 aliphatic rings. The van der Waals surface area contributed by atoms with E-state index in [4.69, 9.17) is 5.73 Å². The van der Waals surface area contributed by atoms with Crippen LogP contribution in [-0.4, -0.2) is 18.4 Å². The minimum Gasteiger partial charge on any atom is -0.327 e. The second kappa shape index (κ2) is 4.59. The highest BCUT2D eigenvalue weighted by atomic mass is 19.4. The minimum atomic E-state index is -5.34. The standard InChI is InChI=1S/C8H13F6N/c1-4(2)3-5(15)6(7(9,10)11)8(12,13)14/h4-6H,3,15H2,1-2H3. The summed E-state index contributed by atoms with van der Waals surface area (Å²) in [6.45, 7) is 3.04. The zero-order valence-electron chi connectivity index (χ0n) is 8.28. The van der Waals surface area contributed by atoms with Gasteiger partial charge in [-0.15, -0.1) is 0 Å². The average Bonchev–Trinajstić information content (AvgIpc) is 1.74. The first kappa shape index (κ1) is 14.5. The molecular weight excluding hydrogens is 224 g/mol. The highest BCUT2D eigenvalue weighted by Gasteiger charge is 2.59. The van der Waals surface area contributed by atoms with Crippen molar-refractivity contribution in [2.24, 2.45) is 17.6 Å². The molecule has 0 fully saturated rings. The van der Waals surface area contributed by atoms with E-state index in [2.05, 4.69) is 0 Å². The summed E-state index contributed by atoms with van der Waals surface area (Å²) in [5.41, 5.74) is 4.95. The molecule has 0 heterocycles. The van der Waals surface area contributed by atoms with Crippen molar-refractivity contribution in [3.05, 3.63) is 0 Å². The second-order valence-electron chi connectivity index (χ2n) is 3.85. The summed E-state index contributed by atoms with van der Waals surface area (Å²) in [6, 6.07) is -1.94. The molecule has 2 N–H and O–H groups in total. The number of halogens is 6. The number of alkyl halides is 6. The first-order valence-corrected chi connectivity index (χ1v) is 4.35. The molecule has 0 rings (SSSR count). The van der Waals surface area contributed by atoms with Gasteiger partial charge in [-0.05, 0) is 12.3 Å². The van der Waals surface area contributed by atoms with Gasteiger partial charge in [0.15, 0.2) is 5.92 Å². The van der Waals surface area contributed by atoms with Crippen LogP contribution in [0.3, 0.4) is 0 Å². The van der Waals surface area contributed by atoms with Crippen LogP contribution in [0.5, 0.6) is 0 Å². The van der Waals surface area contributed by atoms with E-state index in [0.29, 0.717) is 0 Å². The van der Waals surface area contributed by atoms with Crippen LogP contribution in [0.25, 0.3) is 0 Å². The van der Waals surface area contributed by atoms with Crippen molar-refractivity contribution in [2.45, 2.75) is 38.7 Å². The summed E-state index contributed by atoms with van der Waals surface area (Å²) in [5.74, 6) is -3.75. The minimum absolute atomic E-state index is 0.313. The number of rotatable bonds is 3. The Hall–Kier alpha value is -0.460. The van der Waals surface area contributed by atoms with Gasteiger partial charge in [0.25, 0.3) is 0 Å². The number of hydrogen-bond donors (Lipinski definition) is 1. The molecule has 0 radical (unpaired) electrons. The van der Waals surface area contributed by atoms with Crippen LogP contribution >= 0.6 is 0 Å². The molecule has 7 heteroatoms. The molecule has 1 atom stereocenters. The van der Waals surface area contributed by atoms with Crippen molar-refractivity contribution in [3.8, 4) is 0 Å². The zero-order chi connectivity index (χ0) is 12.4. The van der Waals surface area contributed by atoms with E-state index in [1.165, 1.54) is 13.8 Å². The molecule has 0 saturated carbocycles. The normalized spacial score (nSPS) is 16.2. The maximum Gasteiger partial charge on any atom is 0.401 e. The van der Waals surface area contributed by atoms with Gasteiger partial charge in [-0.25, -0.2) is 0 Å². The highest BCUT2D eigenvalue weighted by molar-refractivity contribution is 4.85. The number of hydrogen-bond acceptors (Lipinski definition) is 1. The lowest BCUT2D eigenvalue weighted by molar-refractivity contribution is -0.290. The molecular formula is C8H13F6N. The topological polar surface area (TPSA) is 26.0 Å². The lowest BCUT2D eigenvalue weighted by Crippen LogP contribution is -2.49. The van der Waals surface area contributed by atoms with Gasteiger partial charge in [-0.1, -0.05) is 13.8 Å². The van der Waals surface area contributed by atoms with Crippen molar-refractivity contribution in [2.75, 3.05) is 0 Å². The Kier molecular flexibility index (Phi) is 4.45. The van der Waals surface area contributed by atoms with Crippen molar-refractivity contribution < 1.29 is 26.3 Å². The van der Waals surface area contributed by atoms with E-state index >= 15 is 0 Å². The average molecular weight is 237 g/mol. The van der Waals surface area contributed by atoms with Gasteiger partial charge in [0.05, 0.1) is 0 Å². The Bertz CT molecular complexity index is 180. The smallest absolute Gasteiger partial charge is 0.327 e. The van der Waals surface area contributed by atoms with Crippen LogP contribution in [0.4, 0.5) is 26.3 Å². The largest absolute Gasteiger partial charge is 0.401 e. The fourth-order valence-electron chi connectivity index (χ4n) is 1.35. The molecule has 1 nitrogen and oxygen atoms in total. The lowest BCUT2D eigenvalue weighted by Gasteiger charge is -2.28. The van der Waals surface area contributed by atoms with E-state index in [-0.39, 0.29) is 12.3 Å². The quantitative estimate of drug-likeness (QED) is 0.750. The summed E-state index contributed by atoms with van der Waals surface area (Å²) >= 11 is 0. The van der Waals surface area contributed by atoms with E-state index in [0.717, 1.165) is 0 Å². The van der Waals surface area contributed by atoms with Crippen LogP contribution in [0.1, 0.15) is 20.3 Å². The molecule has 1 unspecified atom stereocenters. The van der Waals surface area contributed by atoms with Crippen LogP contribution in [0.15, 0.2) is 0 Å². The zero-order valence-corrected chi connectivity index (χ0v) is 8.28. The van der Waals surface area contributed by atoms with Gasteiger partial charge in [-0.3, -0.25) is 0 Å².